The number of hydrogen-bond acceptors (Lipinski definition) is 2. The minimum atomic E-state index is -0.803. The van der Waals surface area contributed by atoms with Crippen LogP contribution in [0.3, 0.4) is 0 Å². The van der Waals surface area contributed by atoms with Crippen molar-refractivity contribution in [1.29, 1.82) is 0 Å². The van der Waals surface area contributed by atoms with E-state index in [4.69, 9.17) is 11.6 Å². The van der Waals surface area contributed by atoms with E-state index in [1.807, 2.05) is 29.2 Å². The van der Waals surface area contributed by atoms with Crippen LogP contribution in [0.2, 0.25) is 5.02 Å². The van der Waals surface area contributed by atoms with Crippen molar-refractivity contribution < 1.29 is 9.90 Å². The number of anilines is 1. The predicted molar refractivity (Wildman–Crippen MR) is 77.9 cm³/mol. The zero-order valence-corrected chi connectivity index (χ0v) is 12.2. The van der Waals surface area contributed by atoms with Gasteiger partial charge in [-0.05, 0) is 36.5 Å². The van der Waals surface area contributed by atoms with Gasteiger partial charge in [-0.1, -0.05) is 37.9 Å². The predicted octanol–water partition coefficient (Wildman–Crippen LogP) is 3.81. The monoisotopic (exact) mass is 281 g/mol. The third-order valence-corrected chi connectivity index (χ3v) is 4.26. The summed E-state index contributed by atoms with van der Waals surface area (Å²) in [7, 11) is 0. The highest BCUT2D eigenvalue weighted by molar-refractivity contribution is 6.30. The lowest BCUT2D eigenvalue weighted by atomic mass is 9.86. The first-order valence-electron chi connectivity index (χ1n) is 6.64. The fourth-order valence-electron chi connectivity index (χ4n) is 3.07. The molecule has 3 nitrogen and oxygen atoms in total. The zero-order chi connectivity index (χ0) is 14.0. The van der Waals surface area contributed by atoms with Gasteiger partial charge in [0.15, 0.2) is 0 Å². The van der Waals surface area contributed by atoms with Crippen LogP contribution < -0.4 is 4.90 Å². The summed E-state index contributed by atoms with van der Waals surface area (Å²) in [5.74, 6) is -0.803. The second kappa shape index (κ2) is 5.41. The Kier molecular flexibility index (Phi) is 4.04. The van der Waals surface area contributed by atoms with E-state index in [1.165, 1.54) is 0 Å². The molecule has 0 spiro atoms. The molecule has 1 aromatic rings. The summed E-state index contributed by atoms with van der Waals surface area (Å²) in [4.78, 5) is 13.1. The zero-order valence-electron chi connectivity index (χ0n) is 11.4. The summed E-state index contributed by atoms with van der Waals surface area (Å²) in [5.41, 5.74) is 1.03. The molecule has 1 aliphatic rings. The maximum absolute atomic E-state index is 11.2. The molecule has 1 aliphatic carbocycles. The van der Waals surface area contributed by atoms with Crippen molar-refractivity contribution in [3.05, 3.63) is 29.3 Å². The minimum Gasteiger partial charge on any atom is -0.480 e. The Labute approximate surface area is 119 Å². The molecule has 1 saturated carbocycles. The van der Waals surface area contributed by atoms with E-state index in [-0.39, 0.29) is 18.0 Å². The largest absolute Gasteiger partial charge is 0.480 e. The first-order valence-corrected chi connectivity index (χ1v) is 7.02. The molecule has 0 saturated heterocycles. The highest BCUT2D eigenvalue weighted by Crippen LogP contribution is 2.42. The van der Waals surface area contributed by atoms with Gasteiger partial charge >= 0.3 is 5.97 Å². The first kappa shape index (κ1) is 14.2. The number of nitrogens with zero attached hydrogens (tertiary/aromatic N) is 1. The van der Waals surface area contributed by atoms with Crippen molar-refractivity contribution in [2.45, 2.75) is 39.2 Å². The molecule has 1 unspecified atom stereocenters. The van der Waals surface area contributed by atoms with Gasteiger partial charge in [-0.25, -0.2) is 0 Å². The molecular formula is C15H20ClNO2. The lowest BCUT2D eigenvalue weighted by Gasteiger charge is -2.38. The van der Waals surface area contributed by atoms with Crippen LogP contribution in [0.5, 0.6) is 0 Å². The lowest BCUT2D eigenvalue weighted by molar-refractivity contribution is -0.135. The molecule has 104 valence electrons. The second-order valence-electron chi connectivity index (χ2n) is 5.90. The Bertz CT molecular complexity index is 473. The molecule has 4 heteroatoms. The van der Waals surface area contributed by atoms with Crippen LogP contribution in [0.1, 0.15) is 33.1 Å². The molecule has 0 aromatic heterocycles. The number of carboxylic acids is 1. The Morgan fingerprint density at radius 2 is 2.26 bits per heavy atom. The maximum atomic E-state index is 11.2. The number of rotatable bonds is 4. The number of halogens is 1. The summed E-state index contributed by atoms with van der Waals surface area (Å²) in [6.07, 6.45) is 3.31. The van der Waals surface area contributed by atoms with Gasteiger partial charge in [0.05, 0.1) is 0 Å². The van der Waals surface area contributed by atoms with Gasteiger partial charge in [-0.3, -0.25) is 4.79 Å². The van der Waals surface area contributed by atoms with Crippen molar-refractivity contribution in [3.63, 3.8) is 0 Å². The summed E-state index contributed by atoms with van der Waals surface area (Å²) < 4.78 is 0. The van der Waals surface area contributed by atoms with Crippen LogP contribution >= 0.6 is 11.6 Å². The van der Waals surface area contributed by atoms with E-state index in [1.54, 1.807) is 0 Å². The van der Waals surface area contributed by atoms with Crippen molar-refractivity contribution in [3.8, 4) is 0 Å². The number of carboxylic acid groups (broad SMARTS) is 1. The Morgan fingerprint density at radius 1 is 1.53 bits per heavy atom. The van der Waals surface area contributed by atoms with Crippen LogP contribution in [0.15, 0.2) is 24.3 Å². The molecule has 0 heterocycles. The van der Waals surface area contributed by atoms with Crippen molar-refractivity contribution in [2.24, 2.45) is 5.41 Å². The molecule has 0 bridgehead atoms. The highest BCUT2D eigenvalue weighted by Gasteiger charge is 2.39. The summed E-state index contributed by atoms with van der Waals surface area (Å²) in [5, 5.41) is 9.81. The normalized spacial score (nSPS) is 21.3. The molecule has 1 atom stereocenters. The molecule has 0 radical (unpaired) electrons. The van der Waals surface area contributed by atoms with E-state index in [2.05, 4.69) is 13.8 Å². The molecule has 1 N–H and O–H groups in total. The minimum absolute atomic E-state index is 0.0223. The Balaban J connectivity index is 2.33. The van der Waals surface area contributed by atoms with E-state index in [9.17, 15) is 9.90 Å². The van der Waals surface area contributed by atoms with Crippen molar-refractivity contribution in [2.75, 3.05) is 11.4 Å². The molecule has 19 heavy (non-hydrogen) atoms. The van der Waals surface area contributed by atoms with Crippen LogP contribution in [0.25, 0.3) is 0 Å². The van der Waals surface area contributed by atoms with Crippen molar-refractivity contribution in [1.82, 2.24) is 0 Å². The first-order chi connectivity index (χ1) is 8.90. The standard InChI is InChI=1S/C15H20ClNO2/c1-15(2)8-4-7-13(15)17(10-14(18)19)12-6-3-5-11(16)9-12/h3,5-6,9,13H,4,7-8,10H2,1-2H3,(H,18,19). The van der Waals surface area contributed by atoms with Crippen LogP contribution in [0, 0.1) is 5.41 Å². The second-order valence-corrected chi connectivity index (χ2v) is 6.33. The molecule has 1 aromatic carbocycles. The lowest BCUT2D eigenvalue weighted by Crippen LogP contribution is -2.44. The molecular weight excluding hydrogens is 262 g/mol. The Morgan fingerprint density at radius 3 is 2.79 bits per heavy atom. The highest BCUT2D eigenvalue weighted by atomic mass is 35.5. The molecule has 1 fully saturated rings. The third kappa shape index (κ3) is 3.21. The Hall–Kier alpha value is -1.22. The fraction of sp³-hybridized carbons (Fsp3) is 0.533. The van der Waals surface area contributed by atoms with Gasteiger partial charge in [0.25, 0.3) is 0 Å². The number of aliphatic carboxylic acids is 1. The van der Waals surface area contributed by atoms with Crippen molar-refractivity contribution >= 4 is 23.3 Å². The SMILES string of the molecule is CC1(C)CCCC1N(CC(=O)O)c1cccc(Cl)c1. The van der Waals surface area contributed by atoms with E-state index in [0.29, 0.717) is 5.02 Å². The van der Waals surface area contributed by atoms with E-state index in [0.717, 1.165) is 24.9 Å². The summed E-state index contributed by atoms with van der Waals surface area (Å²) in [6.45, 7) is 4.45. The summed E-state index contributed by atoms with van der Waals surface area (Å²) in [6, 6.07) is 7.71. The van der Waals surface area contributed by atoms with Gasteiger partial charge in [-0.2, -0.15) is 0 Å². The number of benzene rings is 1. The topological polar surface area (TPSA) is 40.5 Å². The molecule has 2 rings (SSSR count). The summed E-state index contributed by atoms with van der Waals surface area (Å²) >= 11 is 6.03. The van der Waals surface area contributed by atoms with Crippen LogP contribution in [0.4, 0.5) is 5.69 Å². The van der Waals surface area contributed by atoms with Gasteiger partial charge in [0.2, 0.25) is 0 Å². The number of hydrogen-bond donors (Lipinski definition) is 1. The quantitative estimate of drug-likeness (QED) is 0.912. The van der Waals surface area contributed by atoms with Crippen LogP contribution in [-0.4, -0.2) is 23.7 Å². The van der Waals surface area contributed by atoms with Gasteiger partial charge in [0.1, 0.15) is 6.54 Å². The van der Waals surface area contributed by atoms with E-state index < -0.39 is 5.97 Å². The van der Waals surface area contributed by atoms with Gasteiger partial charge in [0, 0.05) is 16.8 Å². The van der Waals surface area contributed by atoms with Gasteiger partial charge in [-0.15, -0.1) is 0 Å². The molecule has 0 aliphatic heterocycles. The smallest absolute Gasteiger partial charge is 0.323 e. The average molecular weight is 282 g/mol. The average Bonchev–Trinajstić information content (AvgIpc) is 2.65. The maximum Gasteiger partial charge on any atom is 0.323 e. The van der Waals surface area contributed by atoms with E-state index >= 15 is 0 Å². The number of carbonyl (C=O) groups is 1. The van der Waals surface area contributed by atoms with Crippen LogP contribution in [-0.2, 0) is 4.79 Å². The fourth-order valence-corrected chi connectivity index (χ4v) is 3.25. The van der Waals surface area contributed by atoms with Gasteiger partial charge < -0.3 is 10.0 Å². The third-order valence-electron chi connectivity index (χ3n) is 4.02. The molecule has 0 amide bonds.